The minimum Gasteiger partial charge on any atom is -0.383 e. The summed E-state index contributed by atoms with van der Waals surface area (Å²) in [5.74, 6) is 0. The number of ether oxygens (including phenoxy) is 1. The van der Waals surface area contributed by atoms with E-state index in [2.05, 4.69) is 31.1 Å². The van der Waals surface area contributed by atoms with Gasteiger partial charge in [0.05, 0.1) is 24.4 Å². The third-order valence-corrected chi connectivity index (χ3v) is 5.18. The van der Waals surface area contributed by atoms with Crippen molar-refractivity contribution in [3.05, 3.63) is 10.6 Å². The summed E-state index contributed by atoms with van der Waals surface area (Å²) in [5.41, 5.74) is 1.29. The Labute approximate surface area is 126 Å². The van der Waals surface area contributed by atoms with Crippen molar-refractivity contribution in [1.29, 1.82) is 0 Å². The predicted octanol–water partition coefficient (Wildman–Crippen LogP) is 2.99. The van der Waals surface area contributed by atoms with Gasteiger partial charge in [-0.1, -0.05) is 6.92 Å². The first kappa shape index (κ1) is 15.7. The molecule has 20 heavy (non-hydrogen) atoms. The normalized spacial score (nSPS) is 19.7. The van der Waals surface area contributed by atoms with E-state index >= 15 is 0 Å². The molecule has 0 saturated heterocycles. The summed E-state index contributed by atoms with van der Waals surface area (Å²) in [7, 11) is 3.87. The Morgan fingerprint density at radius 2 is 2.35 bits per heavy atom. The first-order valence-electron chi connectivity index (χ1n) is 7.62. The largest absolute Gasteiger partial charge is 0.383 e. The van der Waals surface area contributed by atoms with Crippen LogP contribution in [0.15, 0.2) is 0 Å². The van der Waals surface area contributed by atoms with Gasteiger partial charge in [-0.15, -0.1) is 11.3 Å². The van der Waals surface area contributed by atoms with Crippen molar-refractivity contribution in [2.45, 2.75) is 51.6 Å². The predicted molar refractivity (Wildman–Crippen MR) is 85.8 cm³/mol. The first-order valence-corrected chi connectivity index (χ1v) is 8.43. The van der Waals surface area contributed by atoms with Crippen LogP contribution >= 0.6 is 11.3 Å². The molecule has 0 aromatic carbocycles. The van der Waals surface area contributed by atoms with Gasteiger partial charge in [0.15, 0.2) is 5.13 Å². The van der Waals surface area contributed by atoms with Gasteiger partial charge in [0.1, 0.15) is 0 Å². The molecule has 0 bridgehead atoms. The highest BCUT2D eigenvalue weighted by molar-refractivity contribution is 7.15. The molecule has 1 aromatic rings. The number of aromatic nitrogens is 1. The van der Waals surface area contributed by atoms with Gasteiger partial charge in [-0.05, 0) is 39.2 Å². The van der Waals surface area contributed by atoms with Crippen LogP contribution in [0.4, 0.5) is 5.13 Å². The average molecular weight is 297 g/mol. The van der Waals surface area contributed by atoms with Gasteiger partial charge in [0.2, 0.25) is 0 Å². The van der Waals surface area contributed by atoms with Gasteiger partial charge >= 0.3 is 0 Å². The molecule has 0 saturated carbocycles. The molecular formula is C15H27N3OS. The van der Waals surface area contributed by atoms with Gasteiger partial charge in [-0.3, -0.25) is 0 Å². The molecule has 1 aliphatic rings. The Morgan fingerprint density at radius 3 is 3.05 bits per heavy atom. The molecule has 2 rings (SSSR count). The highest BCUT2D eigenvalue weighted by Gasteiger charge is 2.26. The number of nitrogens with one attached hydrogen (secondary N) is 1. The third kappa shape index (κ3) is 3.51. The molecule has 1 N–H and O–H groups in total. The quantitative estimate of drug-likeness (QED) is 0.839. The van der Waals surface area contributed by atoms with Gasteiger partial charge < -0.3 is 15.0 Å². The lowest BCUT2D eigenvalue weighted by molar-refractivity contribution is 0.183. The molecule has 114 valence electrons. The van der Waals surface area contributed by atoms with Crippen LogP contribution in [0.3, 0.4) is 0 Å². The fourth-order valence-electron chi connectivity index (χ4n) is 2.62. The summed E-state index contributed by atoms with van der Waals surface area (Å²) in [6, 6.07) is 0.810. The maximum absolute atomic E-state index is 5.25. The summed E-state index contributed by atoms with van der Waals surface area (Å²) in [6.45, 7) is 6.20. The number of anilines is 1. The van der Waals surface area contributed by atoms with Crippen LogP contribution in [0.5, 0.6) is 0 Å². The molecular weight excluding hydrogens is 270 g/mol. The second-order valence-electron chi connectivity index (χ2n) is 5.62. The highest BCUT2D eigenvalue weighted by atomic mass is 32.1. The summed E-state index contributed by atoms with van der Waals surface area (Å²) < 4.78 is 5.25. The molecule has 0 fully saturated rings. The molecule has 0 aliphatic heterocycles. The molecule has 2 atom stereocenters. The molecule has 2 unspecified atom stereocenters. The van der Waals surface area contributed by atoms with Crippen LogP contribution in [0.1, 0.15) is 49.7 Å². The van der Waals surface area contributed by atoms with Crippen LogP contribution in [0.25, 0.3) is 0 Å². The smallest absolute Gasteiger partial charge is 0.185 e. The van der Waals surface area contributed by atoms with Crippen LogP contribution in [-0.4, -0.2) is 38.3 Å². The summed E-state index contributed by atoms with van der Waals surface area (Å²) >= 11 is 1.85. The first-order chi connectivity index (χ1) is 9.67. The second-order valence-corrected chi connectivity index (χ2v) is 6.68. The molecule has 0 spiro atoms. The Bertz CT molecular complexity index is 421. The molecule has 1 aliphatic carbocycles. The lowest BCUT2D eigenvalue weighted by Gasteiger charge is -2.23. The third-order valence-electron chi connectivity index (χ3n) is 3.95. The molecule has 0 amide bonds. The van der Waals surface area contributed by atoms with Crippen molar-refractivity contribution in [1.82, 2.24) is 10.3 Å². The van der Waals surface area contributed by atoms with Crippen LogP contribution in [0.2, 0.25) is 0 Å². The number of methoxy groups -OCH3 is 1. The number of nitrogens with zero attached hydrogens (tertiary/aromatic N) is 2. The number of rotatable bonds is 7. The van der Waals surface area contributed by atoms with E-state index in [1.54, 1.807) is 7.11 Å². The SMILES string of the molecule is CCCNC1CCCc2sc(N(C)C(C)COC)nc21. The van der Waals surface area contributed by atoms with Crippen LogP contribution < -0.4 is 10.2 Å². The fourth-order valence-corrected chi connectivity index (χ4v) is 3.84. The monoisotopic (exact) mass is 297 g/mol. The van der Waals surface area contributed by atoms with Gasteiger partial charge in [0.25, 0.3) is 0 Å². The maximum atomic E-state index is 5.25. The van der Waals surface area contributed by atoms with Gasteiger partial charge in [-0.2, -0.15) is 0 Å². The van der Waals surface area contributed by atoms with Crippen LogP contribution in [0, 0.1) is 0 Å². The maximum Gasteiger partial charge on any atom is 0.185 e. The minimum absolute atomic E-state index is 0.356. The van der Waals surface area contributed by atoms with E-state index < -0.39 is 0 Å². The summed E-state index contributed by atoms with van der Waals surface area (Å²) in [5, 5.41) is 4.76. The Balaban J connectivity index is 2.12. The standard InChI is InChI=1S/C15H27N3OS/c1-5-9-16-12-7-6-8-13-14(12)17-15(20-13)18(3)11(2)10-19-4/h11-12,16H,5-10H2,1-4H3. The van der Waals surface area contributed by atoms with E-state index in [4.69, 9.17) is 9.72 Å². The van der Waals surface area contributed by atoms with Crippen molar-refractivity contribution in [2.24, 2.45) is 0 Å². The molecule has 0 radical (unpaired) electrons. The van der Waals surface area contributed by atoms with Crippen molar-refractivity contribution >= 4 is 16.5 Å². The van der Waals surface area contributed by atoms with Crippen LogP contribution in [-0.2, 0) is 11.2 Å². The zero-order chi connectivity index (χ0) is 14.5. The number of hydrogen-bond acceptors (Lipinski definition) is 5. The van der Waals surface area contributed by atoms with Crippen molar-refractivity contribution < 1.29 is 4.74 Å². The van der Waals surface area contributed by atoms with Crippen molar-refractivity contribution in [3.8, 4) is 0 Å². The zero-order valence-electron chi connectivity index (χ0n) is 13.1. The molecule has 5 heteroatoms. The number of thiazole rings is 1. The van der Waals surface area contributed by atoms with E-state index in [1.807, 2.05) is 11.3 Å². The Kier molecular flexibility index (Phi) is 5.81. The summed E-state index contributed by atoms with van der Waals surface area (Å²) in [6.07, 6.45) is 4.85. The van der Waals surface area contributed by atoms with Gasteiger partial charge in [-0.25, -0.2) is 4.98 Å². The number of hydrogen-bond donors (Lipinski definition) is 1. The van der Waals surface area contributed by atoms with E-state index in [0.29, 0.717) is 12.1 Å². The topological polar surface area (TPSA) is 37.4 Å². The molecule has 1 heterocycles. The highest BCUT2D eigenvalue weighted by Crippen LogP contribution is 2.36. The lowest BCUT2D eigenvalue weighted by Crippen LogP contribution is -2.32. The second kappa shape index (κ2) is 7.38. The van der Waals surface area contributed by atoms with E-state index in [9.17, 15) is 0 Å². The zero-order valence-corrected chi connectivity index (χ0v) is 13.9. The summed E-state index contributed by atoms with van der Waals surface area (Å²) in [4.78, 5) is 8.62. The molecule has 1 aromatic heterocycles. The number of likely N-dealkylation sites (N-methyl/N-ethyl adjacent to an activating group) is 1. The number of fused-ring (bicyclic) bond motifs is 1. The van der Waals surface area contributed by atoms with Crippen molar-refractivity contribution in [3.63, 3.8) is 0 Å². The Morgan fingerprint density at radius 1 is 1.55 bits per heavy atom. The van der Waals surface area contributed by atoms with E-state index in [-0.39, 0.29) is 0 Å². The number of aryl methyl sites for hydroxylation is 1. The Hall–Kier alpha value is -0.650. The van der Waals surface area contributed by atoms with Gasteiger partial charge in [0, 0.05) is 19.0 Å². The fraction of sp³-hybridized carbons (Fsp3) is 0.800. The minimum atomic E-state index is 0.356. The van der Waals surface area contributed by atoms with E-state index in [0.717, 1.165) is 18.3 Å². The lowest BCUT2D eigenvalue weighted by atomic mass is 9.97. The van der Waals surface area contributed by atoms with E-state index in [1.165, 1.54) is 36.3 Å². The van der Waals surface area contributed by atoms with Crippen molar-refractivity contribution in [2.75, 3.05) is 32.2 Å². The molecule has 4 nitrogen and oxygen atoms in total. The average Bonchev–Trinajstić information content (AvgIpc) is 2.88.